The first kappa shape index (κ1) is 24.8. The van der Waals surface area contributed by atoms with Crippen LogP contribution in [-0.2, 0) is 14.3 Å². The molecule has 5 rings (SSSR count). The number of halogens is 2. The molecule has 1 aromatic heterocycles. The van der Waals surface area contributed by atoms with Gasteiger partial charge in [-0.15, -0.1) is 10.2 Å². The quantitative estimate of drug-likeness (QED) is 0.390. The molecule has 0 spiro atoms. The Bertz CT molecular complexity index is 1360. The number of aryl methyl sites for hydroxylation is 1. The number of carbonyl (C=O) groups is 1. The van der Waals surface area contributed by atoms with E-state index in [1.165, 1.54) is 0 Å². The summed E-state index contributed by atoms with van der Waals surface area (Å²) in [4.78, 5) is 16.3. The molecule has 2 aliphatic rings. The summed E-state index contributed by atoms with van der Waals surface area (Å²) in [5.41, 5.74) is 2.16. The fraction of sp³-hybridized carbons (Fsp3) is 0.304. The van der Waals surface area contributed by atoms with Crippen LogP contribution in [0.3, 0.4) is 0 Å². The molecule has 3 aromatic rings. The van der Waals surface area contributed by atoms with Gasteiger partial charge in [-0.3, -0.25) is 4.57 Å². The average molecular weight is 535 g/mol. The van der Waals surface area contributed by atoms with E-state index in [0.29, 0.717) is 38.4 Å². The van der Waals surface area contributed by atoms with E-state index in [0.717, 1.165) is 0 Å². The molecule has 0 amide bonds. The number of hydrogen-bond donors (Lipinski definition) is 4. The van der Waals surface area contributed by atoms with Crippen LogP contribution in [-0.4, -0.2) is 77.6 Å². The number of carboxylic acids is 1. The molecule has 0 saturated carbocycles. The molecular formula is C23H20Cl2N4O7. The number of fused-ring (bicyclic) bond motifs is 3. The van der Waals surface area contributed by atoms with E-state index in [1.54, 1.807) is 54.0 Å². The third-order valence-electron chi connectivity index (χ3n) is 5.98. The molecule has 3 heterocycles. The minimum Gasteiger partial charge on any atom is -0.479 e. The average Bonchev–Trinajstić information content (AvgIpc) is 3.17. The standard InChI is InChI=1S/C23H20Cl2N4O7/c1-9-27-28-20-21(36-23-18(32)16(30)17(31)19(35-23)22(33)34)26-15(11-4-2-3-5-13(11)25)12-8-10(24)6-7-14(12)29(9)20/h2-8,16-19,21,23,30-32H,1H3,(H,33,34)/t16-,17-,18+,19-,21?,23-/m1/s1. The van der Waals surface area contributed by atoms with Crippen LogP contribution in [0.5, 0.6) is 0 Å². The number of carboxylic acid groups (broad SMARTS) is 1. The smallest absolute Gasteiger partial charge is 0.335 e. The molecule has 11 nitrogen and oxygen atoms in total. The first-order valence-corrected chi connectivity index (χ1v) is 11.6. The summed E-state index contributed by atoms with van der Waals surface area (Å²) in [5.74, 6) is -0.854. The van der Waals surface area contributed by atoms with Crippen molar-refractivity contribution < 1.29 is 34.7 Å². The van der Waals surface area contributed by atoms with Gasteiger partial charge in [-0.05, 0) is 31.2 Å². The third kappa shape index (κ3) is 4.18. The maximum absolute atomic E-state index is 11.6. The predicted molar refractivity (Wildman–Crippen MR) is 126 cm³/mol. The number of nitrogens with zero attached hydrogens (tertiary/aromatic N) is 4. The maximum atomic E-state index is 11.6. The lowest BCUT2D eigenvalue weighted by Gasteiger charge is -2.39. The Morgan fingerprint density at radius 2 is 1.78 bits per heavy atom. The van der Waals surface area contributed by atoms with Crippen LogP contribution in [0.2, 0.25) is 10.0 Å². The number of aliphatic carboxylic acids is 1. The normalized spacial score (nSPS) is 27.6. The molecule has 1 unspecified atom stereocenters. The van der Waals surface area contributed by atoms with Gasteiger partial charge in [0.25, 0.3) is 0 Å². The van der Waals surface area contributed by atoms with Crippen molar-refractivity contribution in [3.63, 3.8) is 0 Å². The molecule has 188 valence electrons. The Balaban J connectivity index is 1.66. The predicted octanol–water partition coefficient (Wildman–Crippen LogP) is 1.64. The molecule has 6 atom stereocenters. The van der Waals surface area contributed by atoms with Gasteiger partial charge in [0.05, 0.1) is 11.4 Å². The highest BCUT2D eigenvalue weighted by Gasteiger charge is 2.48. The summed E-state index contributed by atoms with van der Waals surface area (Å²) in [6.45, 7) is 1.72. The number of benzene rings is 2. The highest BCUT2D eigenvalue weighted by molar-refractivity contribution is 6.36. The molecule has 1 fully saturated rings. The summed E-state index contributed by atoms with van der Waals surface area (Å²) in [6, 6.07) is 12.2. The Labute approximate surface area is 214 Å². The monoisotopic (exact) mass is 534 g/mol. The van der Waals surface area contributed by atoms with Crippen LogP contribution >= 0.6 is 23.2 Å². The Kier molecular flexibility index (Phi) is 6.55. The van der Waals surface area contributed by atoms with Crippen molar-refractivity contribution in [3.8, 4) is 5.69 Å². The van der Waals surface area contributed by atoms with E-state index in [9.17, 15) is 25.2 Å². The van der Waals surface area contributed by atoms with E-state index in [4.69, 9.17) is 37.7 Å². The number of aliphatic hydroxyl groups excluding tert-OH is 3. The van der Waals surface area contributed by atoms with Crippen LogP contribution in [0.25, 0.3) is 5.69 Å². The molecular weight excluding hydrogens is 515 g/mol. The Morgan fingerprint density at radius 3 is 2.50 bits per heavy atom. The van der Waals surface area contributed by atoms with Gasteiger partial charge in [-0.2, -0.15) is 0 Å². The number of aliphatic hydroxyl groups is 3. The van der Waals surface area contributed by atoms with Crippen molar-refractivity contribution in [2.24, 2.45) is 4.99 Å². The van der Waals surface area contributed by atoms with Gasteiger partial charge in [0, 0.05) is 21.2 Å². The summed E-state index contributed by atoms with van der Waals surface area (Å²) in [7, 11) is 0. The molecule has 13 heteroatoms. The van der Waals surface area contributed by atoms with Gasteiger partial charge >= 0.3 is 5.97 Å². The van der Waals surface area contributed by atoms with Gasteiger partial charge < -0.3 is 29.9 Å². The molecule has 0 bridgehead atoms. The molecule has 4 N–H and O–H groups in total. The topological polar surface area (TPSA) is 160 Å². The van der Waals surface area contributed by atoms with Crippen molar-refractivity contribution in [3.05, 3.63) is 75.3 Å². The van der Waals surface area contributed by atoms with E-state index < -0.39 is 42.9 Å². The maximum Gasteiger partial charge on any atom is 0.335 e. The first-order valence-electron chi connectivity index (χ1n) is 10.8. The van der Waals surface area contributed by atoms with Crippen LogP contribution in [0, 0.1) is 6.92 Å². The van der Waals surface area contributed by atoms with Crippen molar-refractivity contribution >= 4 is 34.9 Å². The number of ether oxygens (including phenoxy) is 2. The fourth-order valence-corrected chi connectivity index (χ4v) is 4.62. The zero-order valence-electron chi connectivity index (χ0n) is 18.6. The molecule has 1 saturated heterocycles. The zero-order valence-corrected chi connectivity index (χ0v) is 20.1. The molecule has 2 aromatic carbocycles. The number of aromatic nitrogens is 3. The highest BCUT2D eigenvalue weighted by Crippen LogP contribution is 2.36. The second-order valence-corrected chi connectivity index (χ2v) is 9.13. The van der Waals surface area contributed by atoms with Crippen molar-refractivity contribution in [1.82, 2.24) is 14.8 Å². The molecule has 36 heavy (non-hydrogen) atoms. The van der Waals surface area contributed by atoms with Gasteiger partial charge in [0.1, 0.15) is 24.1 Å². The lowest BCUT2D eigenvalue weighted by Crippen LogP contribution is -2.60. The second kappa shape index (κ2) is 9.52. The Hall–Kier alpha value is -2.90. The van der Waals surface area contributed by atoms with E-state index >= 15 is 0 Å². The van der Waals surface area contributed by atoms with E-state index in [2.05, 4.69) is 10.2 Å². The SMILES string of the molecule is Cc1nnc2n1-c1ccc(Cl)cc1C(c1ccccc1Cl)=NC2O[C@H]1O[C@@H](C(=O)O)[C@H](O)[C@@H](O)[C@@H]1O. The highest BCUT2D eigenvalue weighted by atomic mass is 35.5. The summed E-state index contributed by atoms with van der Waals surface area (Å²) in [6.07, 6.45) is -10.3. The van der Waals surface area contributed by atoms with Gasteiger partial charge in [0.2, 0.25) is 6.23 Å². The molecule has 0 radical (unpaired) electrons. The van der Waals surface area contributed by atoms with Crippen LogP contribution in [0.4, 0.5) is 0 Å². The zero-order chi connectivity index (χ0) is 25.7. The summed E-state index contributed by atoms with van der Waals surface area (Å²) in [5, 5.41) is 49.3. The lowest BCUT2D eigenvalue weighted by molar-refractivity contribution is -0.305. The minimum atomic E-state index is -1.87. The fourth-order valence-electron chi connectivity index (χ4n) is 4.22. The number of rotatable bonds is 4. The van der Waals surface area contributed by atoms with Crippen LogP contribution in [0.1, 0.15) is 29.0 Å². The van der Waals surface area contributed by atoms with Gasteiger partial charge in [-0.25, -0.2) is 9.79 Å². The lowest BCUT2D eigenvalue weighted by atomic mass is 9.99. The Morgan fingerprint density at radius 1 is 1.03 bits per heavy atom. The molecule has 2 aliphatic heterocycles. The number of hydrogen-bond acceptors (Lipinski definition) is 9. The molecule has 0 aliphatic carbocycles. The van der Waals surface area contributed by atoms with E-state index in [-0.39, 0.29) is 5.82 Å². The summed E-state index contributed by atoms with van der Waals surface area (Å²) >= 11 is 12.8. The second-order valence-electron chi connectivity index (χ2n) is 8.28. The van der Waals surface area contributed by atoms with Gasteiger partial charge in [0.15, 0.2) is 18.2 Å². The van der Waals surface area contributed by atoms with Crippen LogP contribution < -0.4 is 0 Å². The van der Waals surface area contributed by atoms with Crippen LogP contribution in [0.15, 0.2) is 47.5 Å². The third-order valence-corrected chi connectivity index (χ3v) is 6.54. The number of aliphatic imine (C=N–C) groups is 1. The van der Waals surface area contributed by atoms with Crippen molar-refractivity contribution in [2.45, 2.75) is 43.9 Å². The van der Waals surface area contributed by atoms with E-state index in [1.807, 2.05) is 0 Å². The van der Waals surface area contributed by atoms with Gasteiger partial charge in [-0.1, -0.05) is 41.4 Å². The first-order chi connectivity index (χ1) is 17.2. The van der Waals surface area contributed by atoms with Crippen molar-refractivity contribution in [1.29, 1.82) is 0 Å². The largest absolute Gasteiger partial charge is 0.479 e. The van der Waals surface area contributed by atoms with Crippen molar-refractivity contribution in [2.75, 3.05) is 0 Å². The summed E-state index contributed by atoms with van der Waals surface area (Å²) < 4.78 is 12.9. The minimum absolute atomic E-state index is 0.196.